The number of amides is 2. The van der Waals surface area contributed by atoms with E-state index in [0.29, 0.717) is 11.3 Å². The Kier molecular flexibility index (Phi) is 5.77. The van der Waals surface area contributed by atoms with Gasteiger partial charge in [0.1, 0.15) is 11.8 Å². The number of likely N-dealkylation sites (tertiary alicyclic amines) is 1. The number of carbonyl (C=O) groups is 4. The number of allylic oxidation sites excluding steroid dienone is 2. The van der Waals surface area contributed by atoms with Crippen LogP contribution in [-0.2, 0) is 25.5 Å². The summed E-state index contributed by atoms with van der Waals surface area (Å²) in [6, 6.07) is 14.6. The highest BCUT2D eigenvalue weighted by Gasteiger charge is 2.61. The van der Waals surface area contributed by atoms with Gasteiger partial charge in [0.15, 0.2) is 12.4 Å². The van der Waals surface area contributed by atoms with Crippen LogP contribution in [0.2, 0.25) is 0 Å². The molecular formula is C27H25NO6. The first-order valence-corrected chi connectivity index (χ1v) is 11.4. The van der Waals surface area contributed by atoms with Crippen molar-refractivity contribution in [3.8, 4) is 5.75 Å². The quantitative estimate of drug-likeness (QED) is 0.261. The first-order valence-electron chi connectivity index (χ1n) is 11.4. The molecule has 0 spiro atoms. The van der Waals surface area contributed by atoms with Crippen molar-refractivity contribution in [2.24, 2.45) is 23.7 Å². The highest BCUT2D eigenvalue weighted by atomic mass is 16.5. The minimum absolute atomic E-state index is 0.0412. The van der Waals surface area contributed by atoms with Crippen LogP contribution in [-0.4, -0.2) is 48.2 Å². The maximum Gasteiger partial charge on any atom is 0.330 e. The number of ketones is 1. The van der Waals surface area contributed by atoms with E-state index in [4.69, 9.17) is 9.47 Å². The van der Waals surface area contributed by atoms with Gasteiger partial charge in [0.2, 0.25) is 11.8 Å². The van der Waals surface area contributed by atoms with E-state index in [2.05, 4.69) is 0 Å². The fourth-order valence-corrected chi connectivity index (χ4v) is 5.46. The number of ether oxygens (including phenoxy) is 2. The summed E-state index contributed by atoms with van der Waals surface area (Å²) in [4.78, 5) is 53.6. The maximum absolute atomic E-state index is 13.3. The molecule has 2 bridgehead atoms. The van der Waals surface area contributed by atoms with Crippen molar-refractivity contribution >= 4 is 23.6 Å². The average molecular weight is 459 g/mol. The number of nitrogens with zero attached hydrogens (tertiary/aromatic N) is 1. The molecule has 1 saturated carbocycles. The van der Waals surface area contributed by atoms with E-state index < -0.39 is 36.2 Å². The Morgan fingerprint density at radius 2 is 1.65 bits per heavy atom. The van der Waals surface area contributed by atoms with Gasteiger partial charge in [0.25, 0.3) is 0 Å². The number of Topliss-reactive ketones (excluding diaryl/α,β-unsaturated/α-hetero) is 1. The number of benzene rings is 2. The molecule has 2 amide bonds. The van der Waals surface area contributed by atoms with Gasteiger partial charge in [-0.1, -0.05) is 54.6 Å². The summed E-state index contributed by atoms with van der Waals surface area (Å²) < 4.78 is 10.5. The van der Waals surface area contributed by atoms with Crippen molar-refractivity contribution in [3.05, 3.63) is 77.9 Å². The fourth-order valence-electron chi connectivity index (χ4n) is 5.46. The van der Waals surface area contributed by atoms with Gasteiger partial charge in [0.05, 0.1) is 18.9 Å². The number of carbonyl (C=O) groups excluding carboxylic acids is 4. The Balaban J connectivity index is 1.36. The van der Waals surface area contributed by atoms with Crippen LogP contribution in [0.3, 0.4) is 0 Å². The number of hydrogen-bond donors (Lipinski definition) is 0. The lowest BCUT2D eigenvalue weighted by Crippen LogP contribution is -2.48. The monoisotopic (exact) mass is 459 g/mol. The van der Waals surface area contributed by atoms with Crippen LogP contribution in [0.5, 0.6) is 5.75 Å². The first kappa shape index (κ1) is 22.1. The Labute approximate surface area is 197 Å². The molecule has 0 aromatic heterocycles. The van der Waals surface area contributed by atoms with Gasteiger partial charge in [-0.25, -0.2) is 4.79 Å². The van der Waals surface area contributed by atoms with Crippen LogP contribution in [0.15, 0.2) is 66.7 Å². The molecule has 2 fully saturated rings. The summed E-state index contributed by atoms with van der Waals surface area (Å²) in [5.74, 6) is -2.01. The minimum Gasteiger partial charge on any atom is -0.497 e. The Morgan fingerprint density at radius 3 is 2.29 bits per heavy atom. The van der Waals surface area contributed by atoms with Crippen LogP contribution in [0, 0.1) is 23.7 Å². The number of rotatable bonds is 8. The standard InChI is InChI=1S/C27H25NO6/c1-33-20-9-5-8-17(14-20)22(29)15-34-27(32)21(12-16-6-3-2-4-7-16)28-25(30)23-18-10-11-19(13-18)24(23)26(28)31/h2-11,14,18-19,21,23-24H,12-13,15H2,1H3/t18-,19-,21-,23+,24+/m0/s1. The zero-order valence-electron chi connectivity index (χ0n) is 18.8. The van der Waals surface area contributed by atoms with E-state index >= 15 is 0 Å². The summed E-state index contributed by atoms with van der Waals surface area (Å²) in [6.07, 6.45) is 4.96. The van der Waals surface area contributed by atoms with Gasteiger partial charge < -0.3 is 9.47 Å². The molecule has 1 aliphatic heterocycles. The lowest BCUT2D eigenvalue weighted by Gasteiger charge is -2.26. The van der Waals surface area contributed by atoms with E-state index in [9.17, 15) is 19.2 Å². The highest BCUT2D eigenvalue weighted by molar-refractivity contribution is 6.09. The summed E-state index contributed by atoms with van der Waals surface area (Å²) in [5, 5.41) is 0. The van der Waals surface area contributed by atoms with Gasteiger partial charge in [-0.15, -0.1) is 0 Å². The Hall–Kier alpha value is -3.74. The number of fused-ring (bicyclic) bond motifs is 5. The molecule has 2 aromatic carbocycles. The van der Waals surface area contributed by atoms with E-state index in [1.165, 1.54) is 7.11 Å². The molecule has 0 radical (unpaired) electrons. The zero-order valence-corrected chi connectivity index (χ0v) is 18.8. The van der Waals surface area contributed by atoms with Crippen molar-refractivity contribution in [1.29, 1.82) is 0 Å². The summed E-state index contributed by atoms with van der Waals surface area (Å²) in [6.45, 7) is -0.493. The van der Waals surface area contributed by atoms with Crippen LogP contribution in [0.1, 0.15) is 22.3 Å². The lowest BCUT2D eigenvalue weighted by molar-refractivity contribution is -0.158. The second-order valence-electron chi connectivity index (χ2n) is 9.01. The molecule has 174 valence electrons. The molecule has 3 aliphatic rings. The van der Waals surface area contributed by atoms with Crippen LogP contribution >= 0.6 is 0 Å². The largest absolute Gasteiger partial charge is 0.497 e. The van der Waals surface area contributed by atoms with Gasteiger partial charge in [-0.2, -0.15) is 0 Å². The fraction of sp³-hybridized carbons (Fsp3) is 0.333. The van der Waals surface area contributed by atoms with Crippen molar-refractivity contribution in [2.45, 2.75) is 18.9 Å². The molecule has 1 saturated heterocycles. The maximum atomic E-state index is 13.3. The summed E-state index contributed by atoms with van der Waals surface area (Å²) >= 11 is 0. The SMILES string of the molecule is COc1cccc(C(=O)COC(=O)[C@H](Cc2ccccc2)N2C(=O)[C@H]3[C@H](C2=O)[C@H]2C=C[C@H]3C2)c1. The highest BCUT2D eigenvalue weighted by Crippen LogP contribution is 2.53. The smallest absolute Gasteiger partial charge is 0.330 e. The zero-order chi connectivity index (χ0) is 23.8. The van der Waals surface area contributed by atoms with E-state index in [-0.39, 0.29) is 30.1 Å². The molecule has 1 heterocycles. The Morgan fingerprint density at radius 1 is 0.971 bits per heavy atom. The van der Waals surface area contributed by atoms with Crippen LogP contribution in [0.25, 0.3) is 0 Å². The predicted octanol–water partition coefficient (Wildman–Crippen LogP) is 2.84. The molecule has 2 aliphatic carbocycles. The number of hydrogen-bond acceptors (Lipinski definition) is 6. The Bertz CT molecular complexity index is 1140. The lowest BCUT2D eigenvalue weighted by atomic mass is 9.85. The van der Waals surface area contributed by atoms with E-state index in [0.717, 1.165) is 16.9 Å². The topological polar surface area (TPSA) is 90.0 Å². The third kappa shape index (κ3) is 3.81. The normalized spacial score (nSPS) is 25.4. The number of imide groups is 1. The second-order valence-corrected chi connectivity index (χ2v) is 9.01. The third-order valence-corrected chi connectivity index (χ3v) is 7.10. The molecule has 0 unspecified atom stereocenters. The van der Waals surface area contributed by atoms with Crippen molar-refractivity contribution in [1.82, 2.24) is 4.90 Å². The van der Waals surface area contributed by atoms with Crippen molar-refractivity contribution < 1.29 is 28.7 Å². The van der Waals surface area contributed by atoms with Gasteiger partial charge in [-0.3, -0.25) is 19.3 Å². The molecule has 2 aromatic rings. The number of esters is 1. The molecular weight excluding hydrogens is 434 g/mol. The molecule has 5 atom stereocenters. The van der Waals surface area contributed by atoms with Crippen molar-refractivity contribution in [3.63, 3.8) is 0 Å². The predicted molar refractivity (Wildman–Crippen MR) is 122 cm³/mol. The van der Waals surface area contributed by atoms with Gasteiger partial charge >= 0.3 is 5.97 Å². The molecule has 7 nitrogen and oxygen atoms in total. The summed E-state index contributed by atoms with van der Waals surface area (Å²) in [7, 11) is 1.50. The van der Waals surface area contributed by atoms with E-state index in [1.54, 1.807) is 24.3 Å². The first-order chi connectivity index (χ1) is 16.5. The van der Waals surface area contributed by atoms with Crippen LogP contribution < -0.4 is 4.74 Å². The molecule has 0 N–H and O–H groups in total. The molecule has 5 rings (SSSR count). The molecule has 34 heavy (non-hydrogen) atoms. The van der Waals surface area contributed by atoms with Gasteiger partial charge in [0, 0.05) is 12.0 Å². The van der Waals surface area contributed by atoms with Gasteiger partial charge in [-0.05, 0) is 36.0 Å². The van der Waals surface area contributed by atoms with E-state index in [1.807, 2.05) is 42.5 Å². The number of methoxy groups -OCH3 is 1. The second kappa shape index (κ2) is 8.89. The minimum atomic E-state index is -1.12. The average Bonchev–Trinajstić information content (AvgIpc) is 3.55. The molecule has 7 heteroatoms. The van der Waals surface area contributed by atoms with Crippen LogP contribution in [0.4, 0.5) is 0 Å². The van der Waals surface area contributed by atoms with Crippen molar-refractivity contribution in [2.75, 3.05) is 13.7 Å². The summed E-state index contributed by atoms with van der Waals surface area (Å²) in [5.41, 5.74) is 1.14. The third-order valence-electron chi connectivity index (χ3n) is 7.10.